The van der Waals surface area contributed by atoms with E-state index in [0.717, 1.165) is 71.7 Å². The zero-order valence-corrected chi connectivity index (χ0v) is 30.1. The van der Waals surface area contributed by atoms with Crippen molar-refractivity contribution < 1.29 is 8.83 Å². The number of nitrogens with zero attached hydrogens (tertiary/aromatic N) is 3. The van der Waals surface area contributed by atoms with Crippen LogP contribution in [0.2, 0.25) is 13.1 Å². The summed E-state index contributed by atoms with van der Waals surface area (Å²) in [7, 11) is -2.12. The summed E-state index contributed by atoms with van der Waals surface area (Å²) >= 11 is 0. The third kappa shape index (κ3) is 4.39. The molecule has 10 aromatic rings. The van der Waals surface area contributed by atoms with Crippen LogP contribution in [-0.4, -0.2) is 23.0 Å². The third-order valence-electron chi connectivity index (χ3n) is 11.0. The highest BCUT2D eigenvalue weighted by Crippen LogP contribution is 2.44. The molecule has 0 saturated carbocycles. The molecule has 0 saturated heterocycles. The highest BCUT2D eigenvalue weighted by Gasteiger charge is 2.40. The van der Waals surface area contributed by atoms with E-state index in [-0.39, 0.29) is 0 Å². The maximum absolute atomic E-state index is 6.85. The first kappa shape index (κ1) is 30.0. The van der Waals surface area contributed by atoms with E-state index in [1.807, 2.05) is 42.5 Å². The number of para-hydroxylation sites is 2. The summed E-state index contributed by atoms with van der Waals surface area (Å²) in [5, 5.41) is 6.82. The monoisotopic (exact) mass is 697 g/mol. The van der Waals surface area contributed by atoms with Gasteiger partial charge in [0, 0.05) is 43.8 Å². The summed E-state index contributed by atoms with van der Waals surface area (Å²) in [6.07, 6.45) is 0. The molecule has 0 aliphatic carbocycles. The van der Waals surface area contributed by atoms with E-state index >= 15 is 0 Å². The predicted octanol–water partition coefficient (Wildman–Crippen LogP) is 11.1. The number of furan rings is 2. The van der Waals surface area contributed by atoms with E-state index in [1.54, 1.807) is 0 Å². The molecule has 6 heteroatoms. The minimum atomic E-state index is -2.12. The van der Waals surface area contributed by atoms with Crippen LogP contribution in [0.25, 0.3) is 100 Å². The Bertz CT molecular complexity index is 3110. The highest BCUT2D eigenvalue weighted by molar-refractivity contribution is 7.04. The smallest absolute Gasteiger partial charge is 0.164 e. The zero-order chi connectivity index (χ0) is 35.3. The minimum Gasteiger partial charge on any atom is -0.456 e. The number of fused-ring (bicyclic) bond motifs is 10. The van der Waals surface area contributed by atoms with E-state index in [1.165, 1.54) is 21.5 Å². The van der Waals surface area contributed by atoms with Crippen LogP contribution in [-0.2, 0) is 0 Å². The first-order valence-corrected chi connectivity index (χ1v) is 20.9. The average molecular weight is 698 g/mol. The summed E-state index contributed by atoms with van der Waals surface area (Å²) in [5.74, 6) is 1.81. The van der Waals surface area contributed by atoms with Gasteiger partial charge < -0.3 is 8.83 Å². The SMILES string of the molecule is C[Si]1(C)c2ccccc2-c2c1cc(-c1nc(-c3ccccc3-c3ccccc3)nc(-c3cccc4oc5ccccc5c34)n1)c1c2oc2ccccc21. The van der Waals surface area contributed by atoms with Crippen molar-refractivity contribution in [1.29, 1.82) is 0 Å². The molecule has 1 aliphatic heterocycles. The maximum atomic E-state index is 6.85. The Morgan fingerprint density at radius 3 is 1.74 bits per heavy atom. The molecule has 7 aromatic carbocycles. The summed E-state index contributed by atoms with van der Waals surface area (Å²) in [4.78, 5) is 16.1. The lowest BCUT2D eigenvalue weighted by Crippen LogP contribution is -2.49. The molecule has 0 unspecified atom stereocenters. The lowest BCUT2D eigenvalue weighted by atomic mass is 9.97. The topological polar surface area (TPSA) is 65.0 Å². The third-order valence-corrected chi connectivity index (χ3v) is 14.5. The van der Waals surface area contributed by atoms with E-state index in [2.05, 4.69) is 122 Å². The lowest BCUT2D eigenvalue weighted by Gasteiger charge is -2.19. The van der Waals surface area contributed by atoms with Crippen LogP contribution in [0.15, 0.2) is 160 Å². The summed E-state index contributed by atoms with van der Waals surface area (Å²) in [5.41, 5.74) is 10.8. The molecule has 11 rings (SSSR count). The zero-order valence-electron chi connectivity index (χ0n) is 29.1. The van der Waals surface area contributed by atoms with Gasteiger partial charge in [0.1, 0.15) is 30.4 Å². The first-order valence-electron chi connectivity index (χ1n) is 17.9. The van der Waals surface area contributed by atoms with Crippen molar-refractivity contribution in [2.75, 3.05) is 0 Å². The van der Waals surface area contributed by atoms with Gasteiger partial charge in [0.25, 0.3) is 0 Å². The van der Waals surface area contributed by atoms with E-state index in [9.17, 15) is 0 Å². The number of hydrogen-bond acceptors (Lipinski definition) is 5. The quantitative estimate of drug-likeness (QED) is 0.171. The van der Waals surface area contributed by atoms with Crippen LogP contribution in [0.3, 0.4) is 0 Å². The summed E-state index contributed by atoms with van der Waals surface area (Å²) in [6, 6.07) is 52.6. The molecule has 0 fully saturated rings. The first-order chi connectivity index (χ1) is 26.0. The van der Waals surface area contributed by atoms with Gasteiger partial charge in [-0.2, -0.15) is 0 Å². The molecule has 4 heterocycles. The van der Waals surface area contributed by atoms with Crippen molar-refractivity contribution in [1.82, 2.24) is 15.0 Å². The Morgan fingerprint density at radius 2 is 0.962 bits per heavy atom. The summed E-state index contributed by atoms with van der Waals surface area (Å²) in [6.45, 7) is 4.86. The van der Waals surface area contributed by atoms with Crippen LogP contribution in [0, 0.1) is 0 Å². The molecule has 0 spiro atoms. The molecule has 5 nitrogen and oxygen atoms in total. The molecular weight excluding hydrogens is 667 g/mol. The number of aromatic nitrogens is 3. The highest BCUT2D eigenvalue weighted by atomic mass is 28.3. The Balaban J connectivity index is 1.27. The molecule has 1 aliphatic rings. The maximum Gasteiger partial charge on any atom is 0.164 e. The van der Waals surface area contributed by atoms with Crippen molar-refractivity contribution in [2.24, 2.45) is 0 Å². The van der Waals surface area contributed by atoms with Gasteiger partial charge in [0.15, 0.2) is 17.5 Å². The van der Waals surface area contributed by atoms with E-state index < -0.39 is 8.07 Å². The molecule has 0 atom stereocenters. The molecule has 250 valence electrons. The summed E-state index contributed by atoms with van der Waals surface area (Å²) < 4.78 is 13.2. The Kier molecular flexibility index (Phi) is 6.34. The van der Waals surface area contributed by atoms with Gasteiger partial charge in [-0.25, -0.2) is 15.0 Å². The molecular formula is C47H31N3O2Si. The van der Waals surface area contributed by atoms with Crippen molar-refractivity contribution >= 4 is 62.3 Å². The number of rotatable bonds is 4. The second-order valence-electron chi connectivity index (χ2n) is 14.3. The van der Waals surface area contributed by atoms with Gasteiger partial charge in [-0.15, -0.1) is 0 Å². The van der Waals surface area contributed by atoms with Gasteiger partial charge in [0.05, 0.1) is 0 Å². The molecule has 0 amide bonds. The standard InChI is InChI=1S/C47H31N3O2Si/c1-53(2)39-26-13-10-21-33(39)43-40(53)27-35(42-32-20-9-12-24-37(32)52-44(42)43)47-49-45(30-18-7-6-17-29(30)28-15-4-3-5-16-28)48-46(50-47)34-22-14-25-38-41(34)31-19-8-11-23-36(31)51-38/h3-27H,1-2H3. The van der Waals surface area contributed by atoms with Crippen molar-refractivity contribution in [3.63, 3.8) is 0 Å². The molecule has 3 aromatic heterocycles. The van der Waals surface area contributed by atoms with Crippen LogP contribution in [0.1, 0.15) is 0 Å². The Hall–Kier alpha value is -6.63. The van der Waals surface area contributed by atoms with Gasteiger partial charge in [-0.3, -0.25) is 0 Å². The molecule has 53 heavy (non-hydrogen) atoms. The number of benzene rings is 7. The number of hydrogen-bond donors (Lipinski definition) is 0. The second kappa shape index (κ2) is 11.2. The fourth-order valence-corrected chi connectivity index (χ4v) is 11.5. The lowest BCUT2D eigenvalue weighted by molar-refractivity contribution is 0.669. The van der Waals surface area contributed by atoms with Gasteiger partial charge in [-0.05, 0) is 51.3 Å². The van der Waals surface area contributed by atoms with Gasteiger partial charge in [0.2, 0.25) is 0 Å². The van der Waals surface area contributed by atoms with Gasteiger partial charge in [-0.1, -0.05) is 140 Å². The van der Waals surface area contributed by atoms with Crippen LogP contribution in [0.5, 0.6) is 0 Å². The largest absolute Gasteiger partial charge is 0.456 e. The van der Waals surface area contributed by atoms with Gasteiger partial charge >= 0.3 is 0 Å². The fourth-order valence-electron chi connectivity index (χ4n) is 8.47. The fraction of sp³-hybridized carbons (Fsp3) is 0.0426. The average Bonchev–Trinajstić information content (AvgIpc) is 3.86. The molecule has 0 radical (unpaired) electrons. The molecule has 0 N–H and O–H groups in total. The normalized spacial score (nSPS) is 13.2. The second-order valence-corrected chi connectivity index (χ2v) is 18.6. The van der Waals surface area contributed by atoms with Crippen LogP contribution < -0.4 is 10.4 Å². The van der Waals surface area contributed by atoms with Crippen LogP contribution >= 0.6 is 0 Å². The van der Waals surface area contributed by atoms with Crippen molar-refractivity contribution in [3.05, 3.63) is 152 Å². The van der Waals surface area contributed by atoms with E-state index in [0.29, 0.717) is 17.5 Å². The Labute approximate surface area is 306 Å². The molecule has 0 bridgehead atoms. The minimum absolute atomic E-state index is 0.589. The predicted molar refractivity (Wildman–Crippen MR) is 218 cm³/mol. The van der Waals surface area contributed by atoms with Crippen LogP contribution in [0.4, 0.5) is 0 Å². The van der Waals surface area contributed by atoms with Crippen molar-refractivity contribution in [3.8, 4) is 56.4 Å². The van der Waals surface area contributed by atoms with E-state index in [4.69, 9.17) is 23.8 Å². The Morgan fingerprint density at radius 1 is 0.415 bits per heavy atom. The van der Waals surface area contributed by atoms with Crippen molar-refractivity contribution in [2.45, 2.75) is 13.1 Å².